The maximum Gasteiger partial charge on any atom is 0.255 e. The first kappa shape index (κ1) is 14.8. The molecule has 0 saturated carbocycles. The van der Waals surface area contributed by atoms with E-state index in [1.165, 1.54) is 0 Å². The molecule has 3 aromatic rings. The SMILES string of the molecule is Cc1nc2c(c(=O)[nH]1)CN(Cc1ccc3cccc(O)c3n1)CC2. The fourth-order valence-electron chi connectivity index (χ4n) is 3.23. The summed E-state index contributed by atoms with van der Waals surface area (Å²) in [5.74, 6) is 0.855. The van der Waals surface area contributed by atoms with Crippen LogP contribution in [0.25, 0.3) is 10.9 Å². The number of H-pyrrole nitrogens is 1. The highest BCUT2D eigenvalue weighted by molar-refractivity contribution is 5.84. The minimum Gasteiger partial charge on any atom is -0.506 e. The second-order valence-corrected chi connectivity index (χ2v) is 6.19. The molecule has 3 heterocycles. The maximum atomic E-state index is 12.1. The molecular weight excluding hydrogens is 304 g/mol. The molecule has 24 heavy (non-hydrogen) atoms. The van der Waals surface area contributed by atoms with Crippen LogP contribution in [0.1, 0.15) is 22.8 Å². The summed E-state index contributed by atoms with van der Waals surface area (Å²) >= 11 is 0. The van der Waals surface area contributed by atoms with Crippen molar-refractivity contribution in [3.05, 3.63) is 63.5 Å². The Kier molecular flexibility index (Phi) is 3.54. The van der Waals surface area contributed by atoms with Crippen molar-refractivity contribution in [2.24, 2.45) is 0 Å². The molecule has 6 heteroatoms. The fraction of sp³-hybridized carbons (Fsp3) is 0.278. The van der Waals surface area contributed by atoms with Crippen LogP contribution in [0, 0.1) is 6.92 Å². The van der Waals surface area contributed by atoms with Gasteiger partial charge in [0.15, 0.2) is 0 Å². The van der Waals surface area contributed by atoms with Crippen LogP contribution in [0.4, 0.5) is 0 Å². The maximum absolute atomic E-state index is 12.1. The molecule has 1 aromatic carbocycles. The molecule has 0 amide bonds. The zero-order valence-electron chi connectivity index (χ0n) is 13.4. The number of aryl methyl sites for hydroxylation is 1. The van der Waals surface area contributed by atoms with Crippen molar-refractivity contribution in [1.82, 2.24) is 19.9 Å². The molecule has 2 aromatic heterocycles. The largest absolute Gasteiger partial charge is 0.506 e. The van der Waals surface area contributed by atoms with Gasteiger partial charge in [0.1, 0.15) is 17.1 Å². The van der Waals surface area contributed by atoms with Gasteiger partial charge in [0.25, 0.3) is 5.56 Å². The zero-order valence-corrected chi connectivity index (χ0v) is 13.4. The summed E-state index contributed by atoms with van der Waals surface area (Å²) in [5, 5.41) is 10.9. The van der Waals surface area contributed by atoms with E-state index in [1.54, 1.807) is 13.0 Å². The highest BCUT2D eigenvalue weighted by Crippen LogP contribution is 2.23. The van der Waals surface area contributed by atoms with E-state index in [9.17, 15) is 9.90 Å². The molecule has 4 rings (SSSR count). The van der Waals surface area contributed by atoms with Crippen LogP contribution in [0.2, 0.25) is 0 Å². The van der Waals surface area contributed by atoms with Crippen LogP contribution in [0.3, 0.4) is 0 Å². The topological polar surface area (TPSA) is 82.1 Å². The van der Waals surface area contributed by atoms with E-state index in [2.05, 4.69) is 19.9 Å². The Bertz CT molecular complexity index is 980. The minimum absolute atomic E-state index is 0.0497. The predicted molar refractivity (Wildman–Crippen MR) is 90.8 cm³/mol. The lowest BCUT2D eigenvalue weighted by atomic mass is 10.1. The lowest BCUT2D eigenvalue weighted by molar-refractivity contribution is 0.239. The summed E-state index contributed by atoms with van der Waals surface area (Å²) in [5.41, 5.74) is 3.09. The molecule has 0 aliphatic carbocycles. The number of phenolic OH excluding ortho intramolecular Hbond substituents is 1. The van der Waals surface area contributed by atoms with Gasteiger partial charge in [-0.1, -0.05) is 18.2 Å². The Morgan fingerprint density at radius 1 is 1.25 bits per heavy atom. The van der Waals surface area contributed by atoms with Crippen LogP contribution in [-0.4, -0.2) is 31.5 Å². The van der Waals surface area contributed by atoms with Gasteiger partial charge in [-0.3, -0.25) is 9.69 Å². The summed E-state index contributed by atoms with van der Waals surface area (Å²) in [4.78, 5) is 26.1. The first-order chi connectivity index (χ1) is 11.6. The number of nitrogens with one attached hydrogen (secondary N) is 1. The third kappa shape index (κ3) is 2.65. The molecule has 6 nitrogen and oxygen atoms in total. The van der Waals surface area contributed by atoms with Crippen LogP contribution in [0.5, 0.6) is 5.75 Å². The second-order valence-electron chi connectivity index (χ2n) is 6.19. The minimum atomic E-state index is -0.0497. The number of aromatic amines is 1. The first-order valence-electron chi connectivity index (χ1n) is 7.99. The zero-order chi connectivity index (χ0) is 16.7. The van der Waals surface area contributed by atoms with E-state index in [0.29, 0.717) is 24.4 Å². The van der Waals surface area contributed by atoms with Gasteiger partial charge in [0.2, 0.25) is 0 Å². The number of aromatic nitrogens is 3. The van der Waals surface area contributed by atoms with Crippen molar-refractivity contribution in [2.75, 3.05) is 6.54 Å². The molecule has 0 bridgehead atoms. The number of rotatable bonds is 2. The van der Waals surface area contributed by atoms with Crippen molar-refractivity contribution in [1.29, 1.82) is 0 Å². The van der Waals surface area contributed by atoms with Gasteiger partial charge in [0, 0.05) is 31.4 Å². The van der Waals surface area contributed by atoms with Gasteiger partial charge in [-0.15, -0.1) is 0 Å². The van der Waals surface area contributed by atoms with Crippen molar-refractivity contribution < 1.29 is 5.11 Å². The van der Waals surface area contributed by atoms with Gasteiger partial charge >= 0.3 is 0 Å². The number of phenols is 1. The molecule has 0 radical (unpaired) electrons. The van der Waals surface area contributed by atoms with Gasteiger partial charge in [0.05, 0.1) is 17.0 Å². The molecule has 1 aliphatic rings. The molecule has 2 N–H and O–H groups in total. The Labute approximate surface area is 138 Å². The Balaban J connectivity index is 1.60. The average molecular weight is 322 g/mol. The summed E-state index contributed by atoms with van der Waals surface area (Å²) in [6, 6.07) is 9.31. The Morgan fingerprint density at radius 2 is 2.12 bits per heavy atom. The molecule has 0 atom stereocenters. The van der Waals surface area contributed by atoms with Crippen LogP contribution in [-0.2, 0) is 19.5 Å². The number of nitrogens with zero attached hydrogens (tertiary/aromatic N) is 3. The summed E-state index contributed by atoms with van der Waals surface area (Å²) < 4.78 is 0. The molecule has 122 valence electrons. The van der Waals surface area contributed by atoms with E-state index in [1.807, 2.05) is 24.3 Å². The van der Waals surface area contributed by atoms with Gasteiger partial charge < -0.3 is 10.1 Å². The smallest absolute Gasteiger partial charge is 0.255 e. The highest BCUT2D eigenvalue weighted by Gasteiger charge is 2.21. The third-order valence-electron chi connectivity index (χ3n) is 4.41. The number of hydrogen-bond donors (Lipinski definition) is 2. The van der Waals surface area contributed by atoms with Crippen LogP contribution in [0.15, 0.2) is 35.1 Å². The Morgan fingerprint density at radius 3 is 3.00 bits per heavy atom. The normalized spacial score (nSPS) is 14.7. The average Bonchev–Trinajstić information content (AvgIpc) is 2.56. The van der Waals surface area contributed by atoms with Crippen LogP contribution >= 0.6 is 0 Å². The van der Waals surface area contributed by atoms with Crippen molar-refractivity contribution >= 4 is 10.9 Å². The van der Waals surface area contributed by atoms with E-state index >= 15 is 0 Å². The lowest BCUT2D eigenvalue weighted by Gasteiger charge is -2.27. The molecule has 0 spiro atoms. The lowest BCUT2D eigenvalue weighted by Crippen LogP contribution is -2.35. The molecule has 1 aliphatic heterocycles. The summed E-state index contributed by atoms with van der Waals surface area (Å²) in [7, 11) is 0. The monoisotopic (exact) mass is 322 g/mol. The van der Waals surface area contributed by atoms with E-state index in [4.69, 9.17) is 0 Å². The van der Waals surface area contributed by atoms with E-state index < -0.39 is 0 Å². The predicted octanol–water partition coefficient (Wildman–Crippen LogP) is 1.89. The van der Waals surface area contributed by atoms with Gasteiger partial charge in [-0.2, -0.15) is 0 Å². The quantitative estimate of drug-likeness (QED) is 0.753. The van der Waals surface area contributed by atoms with Crippen molar-refractivity contribution in [3.63, 3.8) is 0 Å². The van der Waals surface area contributed by atoms with Crippen molar-refractivity contribution in [3.8, 4) is 5.75 Å². The number of para-hydroxylation sites is 1. The number of benzene rings is 1. The van der Waals surface area contributed by atoms with Crippen LogP contribution < -0.4 is 5.56 Å². The highest BCUT2D eigenvalue weighted by atomic mass is 16.3. The van der Waals surface area contributed by atoms with E-state index in [-0.39, 0.29) is 11.3 Å². The standard InChI is InChI=1S/C18H18N4O2/c1-11-19-15-7-8-22(10-14(15)18(24)20-11)9-13-6-5-12-3-2-4-16(23)17(12)21-13/h2-6,23H,7-10H2,1H3,(H,19,20,24). The van der Waals surface area contributed by atoms with Crippen molar-refractivity contribution in [2.45, 2.75) is 26.4 Å². The second kappa shape index (κ2) is 5.72. The summed E-state index contributed by atoms with van der Waals surface area (Å²) in [6.07, 6.45) is 0.763. The molecular formula is C18H18N4O2. The Hall–Kier alpha value is -2.73. The molecule has 0 fully saturated rings. The van der Waals surface area contributed by atoms with Gasteiger partial charge in [-0.05, 0) is 19.1 Å². The fourth-order valence-corrected chi connectivity index (χ4v) is 3.23. The number of aromatic hydroxyl groups is 1. The number of pyridine rings is 1. The first-order valence-corrected chi connectivity index (χ1v) is 7.99. The van der Waals surface area contributed by atoms with Gasteiger partial charge in [-0.25, -0.2) is 9.97 Å². The number of fused-ring (bicyclic) bond motifs is 2. The molecule has 0 saturated heterocycles. The summed E-state index contributed by atoms with van der Waals surface area (Å²) in [6.45, 7) is 3.85. The molecule has 0 unspecified atom stereocenters. The third-order valence-corrected chi connectivity index (χ3v) is 4.41. The number of hydrogen-bond acceptors (Lipinski definition) is 5. The van der Waals surface area contributed by atoms with E-state index in [0.717, 1.165) is 35.3 Å².